The lowest BCUT2D eigenvalue weighted by molar-refractivity contribution is 0.323. The number of nitrogens with one attached hydrogen (secondary N) is 1. The highest BCUT2D eigenvalue weighted by molar-refractivity contribution is 7.91. The Hall–Kier alpha value is -0.620. The summed E-state index contributed by atoms with van der Waals surface area (Å²) in [4.78, 5) is 0. The highest BCUT2D eigenvalue weighted by Gasteiger charge is 2.40. The average Bonchev–Trinajstić information content (AvgIpc) is 2.69. The van der Waals surface area contributed by atoms with Crippen molar-refractivity contribution in [1.82, 2.24) is 9.78 Å². The highest BCUT2D eigenvalue weighted by Crippen LogP contribution is 2.30. The van der Waals surface area contributed by atoms with Crippen molar-refractivity contribution in [2.75, 3.05) is 11.5 Å². The van der Waals surface area contributed by atoms with E-state index in [4.69, 9.17) is 12.2 Å². The molecule has 0 saturated carbocycles. The van der Waals surface area contributed by atoms with Crippen molar-refractivity contribution in [2.24, 2.45) is 0 Å². The Bertz CT molecular complexity index is 571. The van der Waals surface area contributed by atoms with Gasteiger partial charge in [-0.15, -0.1) is 0 Å². The maximum absolute atomic E-state index is 11.6. The third kappa shape index (κ3) is 2.47. The molecule has 0 aliphatic carbocycles. The maximum Gasteiger partial charge on any atom is 0.152 e. The monoisotopic (exact) mass is 274 g/mol. The molecular formula is C11H18N2O2S2. The second-order valence-electron chi connectivity index (χ2n) is 5.04. The second-order valence-corrected chi connectivity index (χ2v) is 7.65. The normalized spacial score (nSPS) is 27.4. The third-order valence-electron chi connectivity index (χ3n) is 3.32. The standard InChI is InChI=1S/C11H18N2O2S2/c1-3-4-9-7-10(16)13(12-9)11(2)5-6-17(14,15)8-11/h7,12H,3-6,8H2,1-2H3. The Morgan fingerprint density at radius 3 is 2.82 bits per heavy atom. The first-order valence-corrected chi connectivity index (χ1v) is 8.11. The van der Waals surface area contributed by atoms with Crippen LogP contribution in [0.5, 0.6) is 0 Å². The smallest absolute Gasteiger partial charge is 0.152 e. The van der Waals surface area contributed by atoms with Gasteiger partial charge in [0.1, 0.15) is 4.64 Å². The zero-order chi connectivity index (χ0) is 12.7. The predicted octanol–water partition coefficient (Wildman–Crippen LogP) is 2.03. The van der Waals surface area contributed by atoms with Crippen LogP contribution >= 0.6 is 12.2 Å². The molecule has 1 aliphatic rings. The fourth-order valence-electron chi connectivity index (χ4n) is 2.41. The van der Waals surface area contributed by atoms with Crippen LogP contribution in [0, 0.1) is 4.64 Å². The summed E-state index contributed by atoms with van der Waals surface area (Å²) in [5.41, 5.74) is 0.685. The van der Waals surface area contributed by atoms with E-state index in [0.29, 0.717) is 11.1 Å². The van der Waals surface area contributed by atoms with Gasteiger partial charge in [0.05, 0.1) is 17.0 Å². The molecule has 1 N–H and O–H groups in total. The summed E-state index contributed by atoms with van der Waals surface area (Å²) in [7, 11) is -2.91. The molecule has 2 heterocycles. The van der Waals surface area contributed by atoms with E-state index < -0.39 is 15.4 Å². The first-order chi connectivity index (χ1) is 7.86. The van der Waals surface area contributed by atoms with Gasteiger partial charge in [-0.1, -0.05) is 25.6 Å². The zero-order valence-corrected chi connectivity index (χ0v) is 11.8. The van der Waals surface area contributed by atoms with Crippen molar-refractivity contribution in [3.8, 4) is 0 Å². The van der Waals surface area contributed by atoms with Gasteiger partial charge in [-0.05, 0) is 25.8 Å². The van der Waals surface area contributed by atoms with Gasteiger partial charge in [0, 0.05) is 5.69 Å². The molecule has 1 unspecified atom stereocenters. The van der Waals surface area contributed by atoms with Crippen LogP contribution in [0.15, 0.2) is 6.07 Å². The van der Waals surface area contributed by atoms with Gasteiger partial charge in [-0.2, -0.15) is 0 Å². The molecule has 1 aromatic heterocycles. The number of hydrogen-bond acceptors (Lipinski definition) is 3. The minimum atomic E-state index is -2.91. The summed E-state index contributed by atoms with van der Waals surface area (Å²) in [5, 5.41) is 3.25. The lowest BCUT2D eigenvalue weighted by Crippen LogP contribution is -2.32. The quantitative estimate of drug-likeness (QED) is 0.858. The predicted molar refractivity (Wildman–Crippen MR) is 70.5 cm³/mol. The number of rotatable bonds is 3. The number of aromatic nitrogens is 2. The Kier molecular flexibility index (Phi) is 3.20. The van der Waals surface area contributed by atoms with E-state index in [9.17, 15) is 8.42 Å². The zero-order valence-electron chi connectivity index (χ0n) is 10.2. The van der Waals surface area contributed by atoms with E-state index in [-0.39, 0.29) is 11.5 Å². The number of aryl methyl sites for hydroxylation is 1. The first kappa shape index (κ1) is 12.8. The molecule has 0 radical (unpaired) electrons. The Balaban J connectivity index is 2.38. The van der Waals surface area contributed by atoms with Crippen LogP contribution in [0.2, 0.25) is 0 Å². The minimum absolute atomic E-state index is 0.181. The van der Waals surface area contributed by atoms with Crippen LogP contribution in [-0.2, 0) is 21.8 Å². The number of hydrogen-bond donors (Lipinski definition) is 1. The second kappa shape index (κ2) is 4.24. The average molecular weight is 274 g/mol. The van der Waals surface area contributed by atoms with Crippen LogP contribution in [-0.4, -0.2) is 29.7 Å². The topological polar surface area (TPSA) is 54.9 Å². The number of aromatic amines is 1. The van der Waals surface area contributed by atoms with E-state index in [0.717, 1.165) is 18.5 Å². The highest BCUT2D eigenvalue weighted by atomic mass is 32.2. The van der Waals surface area contributed by atoms with Crippen molar-refractivity contribution < 1.29 is 8.42 Å². The van der Waals surface area contributed by atoms with Crippen molar-refractivity contribution in [3.05, 3.63) is 16.4 Å². The molecule has 1 fully saturated rings. The summed E-state index contributed by atoms with van der Waals surface area (Å²) in [6.45, 7) is 4.07. The number of nitrogens with zero attached hydrogens (tertiary/aromatic N) is 1. The maximum atomic E-state index is 11.6. The lowest BCUT2D eigenvalue weighted by atomic mass is 10.0. The van der Waals surface area contributed by atoms with Gasteiger partial charge < -0.3 is 5.10 Å². The molecule has 1 aliphatic heterocycles. The minimum Gasteiger partial charge on any atom is -0.301 e. The molecule has 1 saturated heterocycles. The summed E-state index contributed by atoms with van der Waals surface area (Å²) in [6.07, 6.45) is 2.62. The Morgan fingerprint density at radius 1 is 1.59 bits per heavy atom. The van der Waals surface area contributed by atoms with Crippen LogP contribution in [0.3, 0.4) is 0 Å². The van der Waals surface area contributed by atoms with Crippen molar-refractivity contribution in [3.63, 3.8) is 0 Å². The molecule has 1 atom stereocenters. The van der Waals surface area contributed by atoms with Gasteiger partial charge in [0.25, 0.3) is 0 Å². The van der Waals surface area contributed by atoms with E-state index >= 15 is 0 Å². The lowest BCUT2D eigenvalue weighted by Gasteiger charge is -2.24. The third-order valence-corrected chi connectivity index (χ3v) is 5.50. The van der Waals surface area contributed by atoms with Crippen LogP contribution in [0.1, 0.15) is 32.4 Å². The first-order valence-electron chi connectivity index (χ1n) is 5.88. The number of H-pyrrole nitrogens is 1. The van der Waals surface area contributed by atoms with E-state index in [1.165, 1.54) is 0 Å². The van der Waals surface area contributed by atoms with E-state index in [2.05, 4.69) is 12.0 Å². The van der Waals surface area contributed by atoms with Gasteiger partial charge in [0.15, 0.2) is 9.84 Å². The van der Waals surface area contributed by atoms with Crippen LogP contribution < -0.4 is 0 Å². The van der Waals surface area contributed by atoms with Crippen LogP contribution in [0.4, 0.5) is 0 Å². The summed E-state index contributed by atoms with van der Waals surface area (Å²) >= 11 is 5.31. The van der Waals surface area contributed by atoms with Crippen molar-refractivity contribution in [2.45, 2.75) is 38.6 Å². The molecule has 0 spiro atoms. The largest absolute Gasteiger partial charge is 0.301 e. The fraction of sp³-hybridized carbons (Fsp3) is 0.727. The molecule has 96 valence electrons. The molecule has 2 rings (SSSR count). The SMILES string of the molecule is CCCc1cc(=S)n(C2(C)CCS(=O)(=O)C2)[nH]1. The molecule has 0 aromatic carbocycles. The molecule has 17 heavy (non-hydrogen) atoms. The molecule has 4 nitrogen and oxygen atoms in total. The molecule has 6 heteroatoms. The Morgan fingerprint density at radius 2 is 2.29 bits per heavy atom. The molecular weight excluding hydrogens is 256 g/mol. The molecule has 0 bridgehead atoms. The fourth-order valence-corrected chi connectivity index (χ4v) is 4.94. The van der Waals surface area contributed by atoms with Crippen molar-refractivity contribution >= 4 is 22.1 Å². The molecule has 1 aromatic rings. The van der Waals surface area contributed by atoms with Gasteiger partial charge in [-0.25, -0.2) is 8.42 Å². The van der Waals surface area contributed by atoms with Gasteiger partial charge in [-0.3, -0.25) is 4.68 Å². The Labute approximate surface area is 107 Å². The summed E-state index contributed by atoms with van der Waals surface area (Å²) in [6, 6.07) is 1.94. The van der Waals surface area contributed by atoms with Crippen molar-refractivity contribution in [1.29, 1.82) is 0 Å². The van der Waals surface area contributed by atoms with Crippen LogP contribution in [0.25, 0.3) is 0 Å². The molecule has 0 amide bonds. The van der Waals surface area contributed by atoms with E-state index in [1.54, 1.807) is 0 Å². The van der Waals surface area contributed by atoms with Gasteiger partial charge in [0.2, 0.25) is 0 Å². The summed E-state index contributed by atoms with van der Waals surface area (Å²) in [5.74, 6) is 0.438. The number of sulfone groups is 1. The van der Waals surface area contributed by atoms with E-state index in [1.807, 2.05) is 17.7 Å². The summed E-state index contributed by atoms with van der Waals surface area (Å²) < 4.78 is 25.8. The van der Waals surface area contributed by atoms with Gasteiger partial charge >= 0.3 is 0 Å².